The average Bonchev–Trinajstić information content (AvgIpc) is 2.65. The third-order valence-electron chi connectivity index (χ3n) is 4.74. The zero-order valence-electron chi connectivity index (χ0n) is 18.8. The third-order valence-corrected chi connectivity index (χ3v) is 4.74. The van der Waals surface area contributed by atoms with Gasteiger partial charge in [0.25, 0.3) is 0 Å². The minimum atomic E-state index is -0.771. The van der Waals surface area contributed by atoms with Gasteiger partial charge in [-0.1, -0.05) is 60.7 Å². The molecule has 30 heavy (non-hydrogen) atoms. The summed E-state index contributed by atoms with van der Waals surface area (Å²) in [5.41, 5.74) is 1.48. The molecule has 5 nitrogen and oxygen atoms in total. The number of nitrogens with one attached hydrogen (secondary N) is 2. The van der Waals surface area contributed by atoms with Gasteiger partial charge < -0.3 is 20.5 Å². The van der Waals surface area contributed by atoms with E-state index in [1.165, 1.54) is 5.56 Å². The molecule has 0 fully saturated rings. The molecule has 1 amide bonds. The first-order valence-corrected chi connectivity index (χ1v) is 10.5. The van der Waals surface area contributed by atoms with E-state index in [-0.39, 0.29) is 5.54 Å². The van der Waals surface area contributed by atoms with E-state index in [0.29, 0.717) is 13.0 Å². The number of hydrogen-bond donors (Lipinski definition) is 3. The fraction of sp³-hybridized carbons (Fsp3) is 0.480. The van der Waals surface area contributed by atoms with Crippen LogP contribution in [0.15, 0.2) is 60.7 Å². The maximum absolute atomic E-state index is 12.3. The van der Waals surface area contributed by atoms with E-state index in [0.717, 1.165) is 12.0 Å². The molecule has 2 atom stereocenters. The monoisotopic (exact) mass is 412 g/mol. The lowest BCUT2D eigenvalue weighted by atomic mass is 9.94. The van der Waals surface area contributed by atoms with Crippen LogP contribution in [0.3, 0.4) is 0 Å². The zero-order chi connectivity index (χ0) is 22.2. The number of rotatable bonds is 9. The van der Waals surface area contributed by atoms with Crippen molar-refractivity contribution >= 4 is 6.09 Å². The Hall–Kier alpha value is -2.37. The number of alkyl carbamates (subject to hydrolysis) is 1. The highest BCUT2D eigenvalue weighted by Crippen LogP contribution is 2.14. The van der Waals surface area contributed by atoms with Crippen molar-refractivity contribution in [3.05, 3.63) is 71.8 Å². The quantitative estimate of drug-likeness (QED) is 0.580. The molecule has 2 aromatic rings. The minimum absolute atomic E-state index is 0.203. The largest absolute Gasteiger partial charge is 0.444 e. The van der Waals surface area contributed by atoms with Gasteiger partial charge in [0.05, 0.1) is 12.1 Å². The number of carbonyl (C=O) groups excluding carboxylic acids is 1. The number of hydrogen-bond acceptors (Lipinski definition) is 4. The number of ether oxygens (including phenoxy) is 1. The summed E-state index contributed by atoms with van der Waals surface area (Å²) in [7, 11) is 0. The molecule has 0 bridgehead atoms. The second-order valence-electron chi connectivity index (χ2n) is 9.44. The Kier molecular flexibility index (Phi) is 8.44. The summed E-state index contributed by atoms with van der Waals surface area (Å²) in [4.78, 5) is 12.3. The smallest absolute Gasteiger partial charge is 0.407 e. The average molecular weight is 413 g/mol. The van der Waals surface area contributed by atoms with Crippen LogP contribution in [0.2, 0.25) is 0 Å². The molecule has 2 aromatic carbocycles. The van der Waals surface area contributed by atoms with Crippen molar-refractivity contribution in [1.29, 1.82) is 0 Å². The third kappa shape index (κ3) is 8.97. The number of β-amino-alcohol motifs (C(OH)–C–C–N with tert-alkyl or cyclic N) is 1. The highest BCUT2D eigenvalue weighted by Gasteiger charge is 2.27. The fourth-order valence-corrected chi connectivity index (χ4v) is 3.30. The van der Waals surface area contributed by atoms with Gasteiger partial charge in [-0.3, -0.25) is 0 Å². The second kappa shape index (κ2) is 10.6. The van der Waals surface area contributed by atoms with E-state index >= 15 is 0 Å². The molecule has 2 rings (SSSR count). The summed E-state index contributed by atoms with van der Waals surface area (Å²) in [6.45, 7) is 10.0. The minimum Gasteiger partial charge on any atom is -0.444 e. The van der Waals surface area contributed by atoms with Crippen molar-refractivity contribution < 1.29 is 14.6 Å². The summed E-state index contributed by atoms with van der Waals surface area (Å²) in [6, 6.07) is 19.6. The number of carbonyl (C=O) groups is 1. The highest BCUT2D eigenvalue weighted by atomic mass is 16.6. The lowest BCUT2D eigenvalue weighted by Crippen LogP contribution is -2.53. The van der Waals surface area contributed by atoms with Gasteiger partial charge in [-0.2, -0.15) is 0 Å². The van der Waals surface area contributed by atoms with Gasteiger partial charge in [-0.05, 0) is 58.6 Å². The van der Waals surface area contributed by atoms with E-state index in [4.69, 9.17) is 4.74 Å². The summed E-state index contributed by atoms with van der Waals surface area (Å²) >= 11 is 0. The lowest BCUT2D eigenvalue weighted by Gasteiger charge is -2.31. The molecule has 3 N–H and O–H groups in total. The molecule has 0 saturated heterocycles. The SMILES string of the molecule is CC(C)(Cc1ccccc1)NC[C@@H](O)[C@H](Cc1ccccc1)NC(=O)OC(C)(C)C. The van der Waals surface area contributed by atoms with Gasteiger partial charge >= 0.3 is 6.09 Å². The number of amides is 1. The van der Waals surface area contributed by atoms with Crippen LogP contribution in [0.4, 0.5) is 4.79 Å². The van der Waals surface area contributed by atoms with Gasteiger partial charge in [0.2, 0.25) is 0 Å². The normalized spacial score (nSPS) is 14.1. The predicted molar refractivity (Wildman–Crippen MR) is 122 cm³/mol. The maximum atomic E-state index is 12.3. The molecular weight excluding hydrogens is 376 g/mol. The number of aliphatic hydroxyl groups is 1. The van der Waals surface area contributed by atoms with E-state index in [1.54, 1.807) is 0 Å². The van der Waals surface area contributed by atoms with Crippen LogP contribution in [-0.4, -0.2) is 41.0 Å². The van der Waals surface area contributed by atoms with Crippen molar-refractivity contribution in [2.45, 2.75) is 70.7 Å². The van der Waals surface area contributed by atoms with Crippen LogP contribution in [0.5, 0.6) is 0 Å². The molecule has 0 aromatic heterocycles. The molecule has 164 valence electrons. The molecule has 0 heterocycles. The Morgan fingerprint density at radius 3 is 2.00 bits per heavy atom. The van der Waals surface area contributed by atoms with Gasteiger partial charge in [0.15, 0.2) is 0 Å². The molecule has 0 unspecified atom stereocenters. The Balaban J connectivity index is 2.01. The van der Waals surface area contributed by atoms with Crippen LogP contribution < -0.4 is 10.6 Å². The molecule has 0 radical (unpaired) electrons. The Labute approximate surface area is 180 Å². The Morgan fingerprint density at radius 2 is 1.47 bits per heavy atom. The molecule has 0 aliphatic carbocycles. The molecule has 0 aliphatic rings. The fourth-order valence-electron chi connectivity index (χ4n) is 3.30. The topological polar surface area (TPSA) is 70.6 Å². The van der Waals surface area contributed by atoms with E-state index < -0.39 is 23.8 Å². The van der Waals surface area contributed by atoms with Gasteiger partial charge in [0.1, 0.15) is 5.60 Å². The summed E-state index contributed by atoms with van der Waals surface area (Å²) in [5, 5.41) is 17.2. The van der Waals surface area contributed by atoms with Crippen LogP contribution in [-0.2, 0) is 17.6 Å². The van der Waals surface area contributed by atoms with Gasteiger partial charge in [0, 0.05) is 12.1 Å². The van der Waals surface area contributed by atoms with E-state index in [9.17, 15) is 9.90 Å². The van der Waals surface area contributed by atoms with Crippen LogP contribution in [0.1, 0.15) is 45.7 Å². The first-order valence-electron chi connectivity index (χ1n) is 10.5. The lowest BCUT2D eigenvalue weighted by molar-refractivity contribution is 0.0416. The van der Waals surface area contributed by atoms with Crippen LogP contribution in [0.25, 0.3) is 0 Å². The summed E-state index contributed by atoms with van der Waals surface area (Å²) < 4.78 is 5.40. The standard InChI is InChI=1S/C25H36N2O3/c1-24(2,3)30-23(29)27-21(16-19-12-8-6-9-13-19)22(28)18-26-25(4,5)17-20-14-10-7-11-15-20/h6-15,21-22,26,28H,16-18H2,1-5H3,(H,27,29)/t21-,22+/m0/s1. The molecule has 0 aliphatic heterocycles. The van der Waals surface area contributed by atoms with Crippen LogP contribution in [0, 0.1) is 0 Å². The number of aliphatic hydroxyl groups excluding tert-OH is 1. The predicted octanol–water partition coefficient (Wildman–Crippen LogP) is 4.09. The molecular formula is C25H36N2O3. The molecule has 0 saturated carbocycles. The first-order chi connectivity index (χ1) is 14.0. The first kappa shape index (κ1) is 23.9. The molecule has 5 heteroatoms. The Bertz CT molecular complexity index is 770. The van der Waals surface area contributed by atoms with Gasteiger partial charge in [-0.15, -0.1) is 0 Å². The molecule has 0 spiro atoms. The second-order valence-corrected chi connectivity index (χ2v) is 9.44. The van der Waals surface area contributed by atoms with Crippen molar-refractivity contribution in [2.24, 2.45) is 0 Å². The highest BCUT2D eigenvalue weighted by molar-refractivity contribution is 5.68. The zero-order valence-corrected chi connectivity index (χ0v) is 18.8. The maximum Gasteiger partial charge on any atom is 0.407 e. The van der Waals surface area contributed by atoms with Crippen molar-refractivity contribution in [1.82, 2.24) is 10.6 Å². The van der Waals surface area contributed by atoms with Gasteiger partial charge in [-0.25, -0.2) is 4.79 Å². The summed E-state index contributed by atoms with van der Waals surface area (Å²) in [6.07, 6.45) is 0.0599. The van der Waals surface area contributed by atoms with Crippen molar-refractivity contribution in [2.75, 3.05) is 6.54 Å². The number of benzene rings is 2. The Morgan fingerprint density at radius 1 is 0.933 bits per heavy atom. The van der Waals surface area contributed by atoms with Crippen molar-refractivity contribution in [3.8, 4) is 0 Å². The summed E-state index contributed by atoms with van der Waals surface area (Å²) in [5.74, 6) is 0. The van der Waals surface area contributed by atoms with Crippen LogP contribution >= 0.6 is 0 Å². The van der Waals surface area contributed by atoms with E-state index in [1.807, 2.05) is 69.3 Å². The van der Waals surface area contributed by atoms with Crippen molar-refractivity contribution in [3.63, 3.8) is 0 Å². The van der Waals surface area contributed by atoms with E-state index in [2.05, 4.69) is 36.6 Å².